The van der Waals surface area contributed by atoms with Crippen LogP contribution >= 0.6 is 22.6 Å². The SMILES string of the molecule is NC(=O)c1c(Cc2ccc(I)cc2F)cc(F)cc1Oc1ccncc1. The zero-order valence-corrected chi connectivity index (χ0v) is 15.5. The molecular weight excluding hydrogens is 453 g/mol. The first kappa shape index (κ1) is 18.2. The van der Waals surface area contributed by atoms with Crippen LogP contribution in [0.2, 0.25) is 0 Å². The van der Waals surface area contributed by atoms with Crippen molar-refractivity contribution in [2.75, 3.05) is 0 Å². The maximum Gasteiger partial charge on any atom is 0.252 e. The number of pyridine rings is 1. The third kappa shape index (κ3) is 4.16. The van der Waals surface area contributed by atoms with Gasteiger partial charge in [0, 0.05) is 28.5 Å². The van der Waals surface area contributed by atoms with Gasteiger partial charge in [-0.05, 0) is 64.0 Å². The molecule has 0 saturated carbocycles. The van der Waals surface area contributed by atoms with E-state index >= 15 is 0 Å². The van der Waals surface area contributed by atoms with Gasteiger partial charge >= 0.3 is 0 Å². The number of hydrogen-bond donors (Lipinski definition) is 1. The molecule has 3 rings (SSSR count). The molecule has 0 unspecified atom stereocenters. The van der Waals surface area contributed by atoms with E-state index in [1.807, 2.05) is 22.6 Å². The fraction of sp³-hybridized carbons (Fsp3) is 0.0526. The van der Waals surface area contributed by atoms with Crippen LogP contribution in [0.5, 0.6) is 11.5 Å². The number of nitrogens with two attached hydrogens (primary N) is 1. The first-order valence-electron chi connectivity index (χ1n) is 7.58. The zero-order valence-electron chi connectivity index (χ0n) is 13.4. The summed E-state index contributed by atoms with van der Waals surface area (Å²) in [6.07, 6.45) is 3.01. The Morgan fingerprint density at radius 1 is 1.08 bits per heavy atom. The highest BCUT2D eigenvalue weighted by molar-refractivity contribution is 14.1. The molecule has 2 aromatic carbocycles. The number of ether oxygens (including phenoxy) is 1. The molecule has 0 atom stereocenters. The highest BCUT2D eigenvalue weighted by atomic mass is 127. The second-order valence-corrected chi connectivity index (χ2v) is 6.75. The van der Waals surface area contributed by atoms with Gasteiger partial charge in [0.25, 0.3) is 5.91 Å². The normalized spacial score (nSPS) is 10.6. The third-order valence-electron chi connectivity index (χ3n) is 3.67. The van der Waals surface area contributed by atoms with Gasteiger partial charge < -0.3 is 10.5 Å². The smallest absolute Gasteiger partial charge is 0.252 e. The summed E-state index contributed by atoms with van der Waals surface area (Å²) in [5, 5.41) is 0. The van der Waals surface area contributed by atoms with Crippen LogP contribution in [0.1, 0.15) is 21.5 Å². The van der Waals surface area contributed by atoms with Gasteiger partial charge in [0.1, 0.15) is 23.1 Å². The van der Waals surface area contributed by atoms with Crippen molar-refractivity contribution in [2.24, 2.45) is 5.73 Å². The number of hydrogen-bond acceptors (Lipinski definition) is 3. The molecule has 0 aliphatic heterocycles. The summed E-state index contributed by atoms with van der Waals surface area (Å²) < 4.78 is 34.6. The maximum absolute atomic E-state index is 14.2. The van der Waals surface area contributed by atoms with Gasteiger partial charge in [-0.25, -0.2) is 8.78 Å². The van der Waals surface area contributed by atoms with E-state index in [0.29, 0.717) is 11.3 Å². The number of nitrogens with zero attached hydrogens (tertiary/aromatic N) is 1. The zero-order chi connectivity index (χ0) is 18.7. The van der Waals surface area contributed by atoms with E-state index in [9.17, 15) is 13.6 Å². The minimum atomic E-state index is -0.782. The molecule has 0 fully saturated rings. The van der Waals surface area contributed by atoms with E-state index in [1.54, 1.807) is 24.3 Å². The average Bonchev–Trinajstić information content (AvgIpc) is 2.57. The molecule has 1 heterocycles. The monoisotopic (exact) mass is 466 g/mol. The molecule has 0 bridgehead atoms. The third-order valence-corrected chi connectivity index (χ3v) is 4.34. The van der Waals surface area contributed by atoms with E-state index in [2.05, 4.69) is 4.98 Å². The molecule has 1 aromatic heterocycles. The van der Waals surface area contributed by atoms with E-state index < -0.39 is 17.5 Å². The van der Waals surface area contributed by atoms with Crippen LogP contribution in [0.4, 0.5) is 8.78 Å². The molecule has 0 aliphatic rings. The number of carbonyl (C=O) groups excluding carboxylic acids is 1. The lowest BCUT2D eigenvalue weighted by Gasteiger charge is -2.14. The van der Waals surface area contributed by atoms with Crippen LogP contribution in [0.25, 0.3) is 0 Å². The number of rotatable bonds is 5. The molecule has 0 spiro atoms. The lowest BCUT2D eigenvalue weighted by molar-refractivity contribution is 0.0997. The Kier molecular flexibility index (Phi) is 5.46. The second kappa shape index (κ2) is 7.77. The molecule has 4 nitrogen and oxygen atoms in total. The molecular formula is C19H13F2IN2O2. The van der Waals surface area contributed by atoms with Crippen LogP contribution in [0, 0.1) is 15.2 Å². The summed E-state index contributed by atoms with van der Waals surface area (Å²) in [6, 6.07) is 10.1. The molecule has 3 aromatic rings. The Morgan fingerprint density at radius 2 is 1.81 bits per heavy atom. The summed E-state index contributed by atoms with van der Waals surface area (Å²) in [5.74, 6) is -1.48. The summed E-state index contributed by atoms with van der Waals surface area (Å²) in [6.45, 7) is 0. The molecule has 0 aliphatic carbocycles. The molecule has 26 heavy (non-hydrogen) atoms. The Bertz CT molecular complexity index is 965. The molecule has 2 N–H and O–H groups in total. The van der Waals surface area contributed by atoms with Crippen molar-refractivity contribution in [3.8, 4) is 11.5 Å². The predicted molar refractivity (Wildman–Crippen MR) is 101 cm³/mol. The van der Waals surface area contributed by atoms with Crippen molar-refractivity contribution in [1.29, 1.82) is 0 Å². The first-order chi connectivity index (χ1) is 12.4. The highest BCUT2D eigenvalue weighted by Gasteiger charge is 2.19. The molecule has 132 valence electrons. The number of primary amides is 1. The highest BCUT2D eigenvalue weighted by Crippen LogP contribution is 2.30. The largest absolute Gasteiger partial charge is 0.456 e. The second-order valence-electron chi connectivity index (χ2n) is 5.50. The summed E-state index contributed by atoms with van der Waals surface area (Å²) in [7, 11) is 0. The number of amides is 1. The van der Waals surface area contributed by atoms with Gasteiger partial charge in [-0.2, -0.15) is 0 Å². The van der Waals surface area contributed by atoms with E-state index in [4.69, 9.17) is 10.5 Å². The predicted octanol–water partition coefficient (Wildman–Crippen LogP) is 4.45. The summed E-state index contributed by atoms with van der Waals surface area (Å²) in [4.78, 5) is 15.9. The Balaban J connectivity index is 2.05. The van der Waals surface area contributed by atoms with Crippen LogP contribution in [0.15, 0.2) is 54.9 Å². The molecule has 0 radical (unpaired) electrons. The van der Waals surface area contributed by atoms with Crippen LogP contribution < -0.4 is 10.5 Å². The van der Waals surface area contributed by atoms with Crippen molar-refractivity contribution in [1.82, 2.24) is 4.98 Å². The molecule has 1 amide bonds. The van der Waals surface area contributed by atoms with Crippen LogP contribution in [-0.4, -0.2) is 10.9 Å². The van der Waals surface area contributed by atoms with Gasteiger partial charge in [-0.3, -0.25) is 9.78 Å². The topological polar surface area (TPSA) is 65.2 Å². The quantitative estimate of drug-likeness (QED) is 0.566. The Hall–Kier alpha value is -2.55. The van der Waals surface area contributed by atoms with Crippen molar-refractivity contribution >= 4 is 28.5 Å². The number of benzene rings is 2. The number of halogens is 3. The van der Waals surface area contributed by atoms with Gasteiger partial charge in [0.2, 0.25) is 0 Å². The van der Waals surface area contributed by atoms with Gasteiger partial charge in [-0.15, -0.1) is 0 Å². The average molecular weight is 466 g/mol. The molecule has 0 saturated heterocycles. The van der Waals surface area contributed by atoms with E-state index in [0.717, 1.165) is 15.7 Å². The standard InChI is InChI=1S/C19H13F2IN2O2/c20-13-8-12(7-11-1-2-14(22)10-16(11)21)18(19(23)25)17(9-13)26-15-3-5-24-6-4-15/h1-6,8-10H,7H2,(H2,23,25). The van der Waals surface area contributed by atoms with Crippen molar-refractivity contribution in [3.63, 3.8) is 0 Å². The van der Waals surface area contributed by atoms with E-state index in [-0.39, 0.29) is 23.3 Å². The fourth-order valence-corrected chi connectivity index (χ4v) is 2.99. The summed E-state index contributed by atoms with van der Waals surface area (Å²) in [5.41, 5.74) is 6.08. The lowest BCUT2D eigenvalue weighted by atomic mass is 9.98. The number of carbonyl (C=O) groups is 1. The Morgan fingerprint density at radius 3 is 2.46 bits per heavy atom. The van der Waals surface area contributed by atoms with Crippen molar-refractivity contribution < 1.29 is 18.3 Å². The number of aromatic nitrogens is 1. The van der Waals surface area contributed by atoms with Crippen LogP contribution in [-0.2, 0) is 6.42 Å². The summed E-state index contributed by atoms with van der Waals surface area (Å²) >= 11 is 1.99. The Labute approximate surface area is 162 Å². The fourth-order valence-electron chi connectivity index (χ4n) is 2.54. The van der Waals surface area contributed by atoms with E-state index in [1.165, 1.54) is 18.5 Å². The van der Waals surface area contributed by atoms with Gasteiger partial charge in [-0.1, -0.05) is 6.07 Å². The van der Waals surface area contributed by atoms with Crippen molar-refractivity contribution in [2.45, 2.75) is 6.42 Å². The molecule has 7 heteroatoms. The lowest BCUT2D eigenvalue weighted by Crippen LogP contribution is -2.16. The minimum Gasteiger partial charge on any atom is -0.456 e. The van der Waals surface area contributed by atoms with Gasteiger partial charge in [0.05, 0.1) is 5.56 Å². The maximum atomic E-state index is 14.2. The van der Waals surface area contributed by atoms with Crippen molar-refractivity contribution in [3.05, 3.63) is 86.8 Å². The van der Waals surface area contributed by atoms with Gasteiger partial charge in [0.15, 0.2) is 0 Å². The minimum absolute atomic E-state index is 0.00545. The van der Waals surface area contributed by atoms with Crippen LogP contribution in [0.3, 0.4) is 0 Å². The first-order valence-corrected chi connectivity index (χ1v) is 8.66.